The van der Waals surface area contributed by atoms with Crippen LogP contribution in [0.1, 0.15) is 32.1 Å². The van der Waals surface area contributed by atoms with E-state index in [9.17, 15) is 4.79 Å². The van der Waals surface area contributed by atoms with Gasteiger partial charge in [-0.25, -0.2) is 0 Å². The van der Waals surface area contributed by atoms with E-state index < -0.39 is 0 Å². The van der Waals surface area contributed by atoms with Gasteiger partial charge in [-0.1, -0.05) is 12.2 Å². The SMILES string of the molecule is O=C(NCCC1CCNC1)C1CC=CCC1. The van der Waals surface area contributed by atoms with E-state index >= 15 is 0 Å². The smallest absolute Gasteiger partial charge is 0.223 e. The number of hydrogen-bond donors (Lipinski definition) is 2. The number of hydrogen-bond acceptors (Lipinski definition) is 2. The van der Waals surface area contributed by atoms with E-state index in [-0.39, 0.29) is 11.8 Å². The zero-order valence-electron chi connectivity index (χ0n) is 9.87. The van der Waals surface area contributed by atoms with Gasteiger partial charge in [0.1, 0.15) is 0 Å². The maximum absolute atomic E-state index is 11.8. The Morgan fingerprint density at radius 1 is 1.38 bits per heavy atom. The largest absolute Gasteiger partial charge is 0.356 e. The van der Waals surface area contributed by atoms with Gasteiger partial charge >= 0.3 is 0 Å². The molecule has 2 N–H and O–H groups in total. The van der Waals surface area contributed by atoms with Crippen molar-refractivity contribution in [3.63, 3.8) is 0 Å². The lowest BCUT2D eigenvalue weighted by Gasteiger charge is -2.17. The quantitative estimate of drug-likeness (QED) is 0.707. The minimum Gasteiger partial charge on any atom is -0.356 e. The lowest BCUT2D eigenvalue weighted by molar-refractivity contribution is -0.125. The number of carbonyl (C=O) groups is 1. The summed E-state index contributed by atoms with van der Waals surface area (Å²) in [6.45, 7) is 3.12. The van der Waals surface area contributed by atoms with Crippen molar-refractivity contribution in [1.29, 1.82) is 0 Å². The number of amides is 1. The maximum atomic E-state index is 11.8. The van der Waals surface area contributed by atoms with Crippen LogP contribution in [0, 0.1) is 11.8 Å². The predicted octanol–water partition coefficient (Wildman–Crippen LogP) is 1.46. The molecule has 0 aromatic heterocycles. The highest BCUT2D eigenvalue weighted by Gasteiger charge is 2.19. The van der Waals surface area contributed by atoms with Gasteiger partial charge in [-0.05, 0) is 51.1 Å². The molecule has 0 aromatic carbocycles. The lowest BCUT2D eigenvalue weighted by Crippen LogP contribution is -2.32. The number of allylic oxidation sites excluding steroid dienone is 2. The molecule has 0 saturated carbocycles. The molecule has 1 fully saturated rings. The fraction of sp³-hybridized carbons (Fsp3) is 0.769. The molecule has 1 heterocycles. The first kappa shape index (κ1) is 11.6. The van der Waals surface area contributed by atoms with Crippen LogP contribution >= 0.6 is 0 Å². The highest BCUT2D eigenvalue weighted by Crippen LogP contribution is 2.18. The monoisotopic (exact) mass is 222 g/mol. The summed E-state index contributed by atoms with van der Waals surface area (Å²) >= 11 is 0. The average molecular weight is 222 g/mol. The van der Waals surface area contributed by atoms with Crippen LogP contribution in [0.2, 0.25) is 0 Å². The molecule has 3 heteroatoms. The first-order chi connectivity index (χ1) is 7.86. The summed E-state index contributed by atoms with van der Waals surface area (Å²) in [6.07, 6.45) is 9.71. The van der Waals surface area contributed by atoms with Crippen LogP contribution in [0.15, 0.2) is 12.2 Å². The summed E-state index contributed by atoms with van der Waals surface area (Å²) < 4.78 is 0. The zero-order chi connectivity index (χ0) is 11.2. The van der Waals surface area contributed by atoms with E-state index in [2.05, 4.69) is 22.8 Å². The van der Waals surface area contributed by atoms with Gasteiger partial charge in [0, 0.05) is 12.5 Å². The molecular formula is C13H22N2O. The van der Waals surface area contributed by atoms with E-state index in [0.717, 1.165) is 51.2 Å². The van der Waals surface area contributed by atoms with Crippen LogP contribution in [0.25, 0.3) is 0 Å². The maximum Gasteiger partial charge on any atom is 0.223 e. The normalized spacial score (nSPS) is 29.2. The molecule has 0 radical (unpaired) electrons. The Balaban J connectivity index is 1.61. The molecule has 1 amide bonds. The van der Waals surface area contributed by atoms with Gasteiger partial charge in [-0.3, -0.25) is 4.79 Å². The molecule has 3 nitrogen and oxygen atoms in total. The minimum atomic E-state index is 0.228. The fourth-order valence-corrected chi connectivity index (χ4v) is 2.54. The summed E-state index contributed by atoms with van der Waals surface area (Å²) in [6, 6.07) is 0. The van der Waals surface area contributed by atoms with Crippen LogP contribution < -0.4 is 10.6 Å². The van der Waals surface area contributed by atoms with Gasteiger partial charge < -0.3 is 10.6 Å². The van der Waals surface area contributed by atoms with E-state index in [1.54, 1.807) is 0 Å². The summed E-state index contributed by atoms with van der Waals surface area (Å²) in [4.78, 5) is 11.8. The second kappa shape index (κ2) is 6.04. The first-order valence-electron chi connectivity index (χ1n) is 6.49. The van der Waals surface area contributed by atoms with Crippen LogP contribution in [-0.4, -0.2) is 25.5 Å². The Hall–Kier alpha value is -0.830. The Kier molecular flexibility index (Phi) is 4.40. The van der Waals surface area contributed by atoms with Gasteiger partial charge in [0.05, 0.1) is 0 Å². The van der Waals surface area contributed by atoms with Crippen molar-refractivity contribution in [3.8, 4) is 0 Å². The van der Waals surface area contributed by atoms with Gasteiger partial charge in [0.25, 0.3) is 0 Å². The molecule has 16 heavy (non-hydrogen) atoms. The van der Waals surface area contributed by atoms with Crippen LogP contribution in [0.4, 0.5) is 0 Å². The summed E-state index contributed by atoms with van der Waals surface area (Å²) in [7, 11) is 0. The molecule has 0 aromatic rings. The van der Waals surface area contributed by atoms with E-state index in [4.69, 9.17) is 0 Å². The van der Waals surface area contributed by atoms with Crippen LogP contribution in [0.3, 0.4) is 0 Å². The van der Waals surface area contributed by atoms with Crippen molar-refractivity contribution >= 4 is 5.91 Å². The molecule has 1 aliphatic heterocycles. The molecule has 1 saturated heterocycles. The van der Waals surface area contributed by atoms with Crippen LogP contribution in [0.5, 0.6) is 0 Å². The third-order valence-corrected chi connectivity index (χ3v) is 3.65. The number of nitrogens with one attached hydrogen (secondary N) is 2. The average Bonchev–Trinajstić information content (AvgIpc) is 2.83. The Morgan fingerprint density at radius 2 is 2.31 bits per heavy atom. The van der Waals surface area contributed by atoms with E-state index in [1.807, 2.05) is 0 Å². The zero-order valence-corrected chi connectivity index (χ0v) is 9.87. The van der Waals surface area contributed by atoms with Crippen molar-refractivity contribution in [2.75, 3.05) is 19.6 Å². The Labute approximate surface area is 97.7 Å². The van der Waals surface area contributed by atoms with Crippen molar-refractivity contribution in [2.45, 2.75) is 32.1 Å². The fourth-order valence-electron chi connectivity index (χ4n) is 2.54. The third kappa shape index (κ3) is 3.34. The lowest BCUT2D eigenvalue weighted by atomic mass is 9.93. The topological polar surface area (TPSA) is 41.1 Å². The molecule has 2 atom stereocenters. The molecule has 0 bridgehead atoms. The molecule has 0 spiro atoms. The highest BCUT2D eigenvalue weighted by atomic mass is 16.1. The molecule has 2 unspecified atom stereocenters. The standard InChI is InChI=1S/C13H22N2O/c16-13(12-4-2-1-3-5-12)15-9-7-11-6-8-14-10-11/h1-2,11-12,14H,3-10H2,(H,15,16). The molecular weight excluding hydrogens is 200 g/mol. The second-order valence-corrected chi connectivity index (χ2v) is 4.92. The predicted molar refractivity (Wildman–Crippen MR) is 65.1 cm³/mol. The van der Waals surface area contributed by atoms with Crippen molar-refractivity contribution in [2.24, 2.45) is 11.8 Å². The Morgan fingerprint density at radius 3 is 3.00 bits per heavy atom. The van der Waals surface area contributed by atoms with Crippen LogP contribution in [-0.2, 0) is 4.79 Å². The van der Waals surface area contributed by atoms with E-state index in [0.29, 0.717) is 0 Å². The highest BCUT2D eigenvalue weighted by molar-refractivity contribution is 5.78. The molecule has 2 rings (SSSR count). The van der Waals surface area contributed by atoms with Gasteiger partial charge in [0.2, 0.25) is 5.91 Å². The Bertz CT molecular complexity index is 257. The minimum absolute atomic E-state index is 0.228. The number of carbonyl (C=O) groups excluding carboxylic acids is 1. The second-order valence-electron chi connectivity index (χ2n) is 4.92. The first-order valence-corrected chi connectivity index (χ1v) is 6.49. The summed E-state index contributed by atoms with van der Waals surface area (Å²) in [5.74, 6) is 1.26. The van der Waals surface area contributed by atoms with Gasteiger partial charge in [-0.2, -0.15) is 0 Å². The third-order valence-electron chi connectivity index (χ3n) is 3.65. The van der Waals surface area contributed by atoms with Crippen molar-refractivity contribution in [1.82, 2.24) is 10.6 Å². The van der Waals surface area contributed by atoms with Crippen molar-refractivity contribution < 1.29 is 4.79 Å². The number of rotatable bonds is 4. The summed E-state index contributed by atoms with van der Waals surface area (Å²) in [5.41, 5.74) is 0. The molecule has 2 aliphatic rings. The van der Waals surface area contributed by atoms with E-state index in [1.165, 1.54) is 6.42 Å². The summed E-state index contributed by atoms with van der Waals surface area (Å²) in [5, 5.41) is 6.43. The molecule has 90 valence electrons. The van der Waals surface area contributed by atoms with Gasteiger partial charge in [-0.15, -0.1) is 0 Å². The molecule has 1 aliphatic carbocycles. The van der Waals surface area contributed by atoms with Gasteiger partial charge in [0.15, 0.2) is 0 Å². The van der Waals surface area contributed by atoms with Crippen molar-refractivity contribution in [3.05, 3.63) is 12.2 Å².